The van der Waals surface area contributed by atoms with Gasteiger partial charge in [0.1, 0.15) is 0 Å². The van der Waals surface area contributed by atoms with Crippen molar-refractivity contribution in [3.05, 3.63) is 0 Å². The molecule has 21 heavy (non-hydrogen) atoms. The number of hydrogen-bond acceptors (Lipinski definition) is 2. The highest BCUT2D eigenvalue weighted by atomic mass is 15.3. The first-order chi connectivity index (χ1) is 10.0. The highest BCUT2D eigenvalue weighted by molar-refractivity contribution is 4.87. The van der Waals surface area contributed by atoms with E-state index < -0.39 is 0 Å². The molecule has 0 spiro atoms. The third-order valence-corrected chi connectivity index (χ3v) is 4.17. The van der Waals surface area contributed by atoms with Crippen LogP contribution in [0, 0.1) is 5.92 Å². The van der Waals surface area contributed by atoms with Gasteiger partial charge in [0.25, 0.3) is 0 Å². The van der Waals surface area contributed by atoms with Crippen LogP contribution in [0.2, 0.25) is 0 Å². The molecule has 2 heteroatoms. The molecule has 0 aromatic carbocycles. The van der Waals surface area contributed by atoms with Crippen LogP contribution in [0.5, 0.6) is 0 Å². The van der Waals surface area contributed by atoms with Crippen molar-refractivity contribution in [2.75, 3.05) is 26.2 Å². The van der Waals surface area contributed by atoms with Crippen molar-refractivity contribution in [2.45, 2.75) is 93.7 Å². The summed E-state index contributed by atoms with van der Waals surface area (Å²) in [6.45, 7) is 24.5. The van der Waals surface area contributed by atoms with E-state index in [1.807, 2.05) is 27.7 Å². The van der Waals surface area contributed by atoms with Gasteiger partial charge in [-0.2, -0.15) is 0 Å². The molecule has 2 aliphatic rings. The Hall–Kier alpha value is -0.0800. The van der Waals surface area contributed by atoms with Gasteiger partial charge in [0.15, 0.2) is 0 Å². The number of piperazine rings is 1. The van der Waals surface area contributed by atoms with Crippen LogP contribution in [-0.2, 0) is 0 Å². The lowest BCUT2D eigenvalue weighted by molar-refractivity contribution is 0.0827. The van der Waals surface area contributed by atoms with Crippen molar-refractivity contribution in [1.29, 1.82) is 0 Å². The van der Waals surface area contributed by atoms with Gasteiger partial charge in [-0.25, -0.2) is 0 Å². The number of nitrogens with zero attached hydrogens (tertiary/aromatic N) is 2. The fourth-order valence-corrected chi connectivity index (χ4v) is 2.48. The van der Waals surface area contributed by atoms with E-state index in [1.54, 1.807) is 0 Å². The van der Waals surface area contributed by atoms with E-state index in [1.165, 1.54) is 45.4 Å². The van der Waals surface area contributed by atoms with Gasteiger partial charge in [-0.15, -0.1) is 0 Å². The Kier molecular flexibility index (Phi) is 16.4. The predicted molar refractivity (Wildman–Crippen MR) is 99.1 cm³/mol. The third kappa shape index (κ3) is 10.3. The van der Waals surface area contributed by atoms with Crippen LogP contribution in [-0.4, -0.2) is 48.1 Å². The fourth-order valence-electron chi connectivity index (χ4n) is 2.48. The third-order valence-electron chi connectivity index (χ3n) is 4.17. The zero-order valence-corrected chi connectivity index (χ0v) is 16.6. The maximum Gasteiger partial charge on any atom is 0.0224 e. The summed E-state index contributed by atoms with van der Waals surface area (Å²) in [5.41, 5.74) is 0. The lowest BCUT2D eigenvalue weighted by Gasteiger charge is -2.39. The molecule has 0 aromatic heterocycles. The summed E-state index contributed by atoms with van der Waals surface area (Å²) >= 11 is 0. The van der Waals surface area contributed by atoms with Crippen LogP contribution in [0.25, 0.3) is 0 Å². The molecule has 0 saturated carbocycles. The molecule has 2 saturated heterocycles. The van der Waals surface area contributed by atoms with Crippen LogP contribution in [0.3, 0.4) is 0 Å². The molecular weight excluding hydrogens is 256 g/mol. The summed E-state index contributed by atoms with van der Waals surface area (Å²) in [5, 5.41) is 0. The van der Waals surface area contributed by atoms with E-state index in [0.717, 1.165) is 18.0 Å². The van der Waals surface area contributed by atoms with Crippen LogP contribution in [0.15, 0.2) is 0 Å². The molecule has 0 aliphatic carbocycles. The van der Waals surface area contributed by atoms with Crippen LogP contribution in [0.1, 0.15) is 81.6 Å². The summed E-state index contributed by atoms with van der Waals surface area (Å²) in [6, 6.07) is 1.63. The average Bonchev–Trinajstić information content (AvgIpc) is 2.99. The van der Waals surface area contributed by atoms with Crippen molar-refractivity contribution in [3.8, 4) is 0 Å². The molecular formula is C19H44N2. The molecule has 0 aromatic rings. The molecule has 2 rings (SSSR count). The van der Waals surface area contributed by atoms with E-state index >= 15 is 0 Å². The van der Waals surface area contributed by atoms with Gasteiger partial charge in [0.2, 0.25) is 0 Å². The van der Waals surface area contributed by atoms with Crippen LogP contribution in [0.4, 0.5) is 0 Å². The molecule has 0 bridgehead atoms. The highest BCUT2D eigenvalue weighted by Crippen LogP contribution is 2.22. The Balaban J connectivity index is 0. The zero-order chi connectivity index (χ0) is 16.8. The lowest BCUT2D eigenvalue weighted by Crippen LogP contribution is -2.52. The number of hydrogen-bond donors (Lipinski definition) is 0. The van der Waals surface area contributed by atoms with E-state index in [0.29, 0.717) is 0 Å². The Bertz CT molecular complexity index is 202. The smallest absolute Gasteiger partial charge is 0.0224 e. The summed E-state index contributed by atoms with van der Waals surface area (Å²) in [6.07, 6.45) is 4.17. The minimum atomic E-state index is 0.743. The van der Waals surface area contributed by atoms with Gasteiger partial charge >= 0.3 is 0 Å². The molecule has 2 heterocycles. The molecule has 0 amide bonds. The second-order valence-corrected chi connectivity index (χ2v) is 6.22. The van der Waals surface area contributed by atoms with Crippen molar-refractivity contribution < 1.29 is 0 Å². The standard InChI is InChI=1S/C10H20N2.C5H12.2C2H6/c1-9(2)12-7-6-11-5-3-4-10(11)8-12;1-4-5(2)3;2*1-2/h9-10H,3-8H2,1-2H3;5H,4H2,1-3H3;2*1-2H3. The van der Waals surface area contributed by atoms with Crippen molar-refractivity contribution in [2.24, 2.45) is 5.92 Å². The van der Waals surface area contributed by atoms with Gasteiger partial charge in [-0.05, 0) is 39.2 Å². The van der Waals surface area contributed by atoms with Crippen LogP contribution >= 0.6 is 0 Å². The summed E-state index contributed by atoms with van der Waals surface area (Å²) in [4.78, 5) is 5.28. The molecule has 1 atom stereocenters. The Labute approximate surface area is 136 Å². The lowest BCUT2D eigenvalue weighted by atomic mass is 10.1. The van der Waals surface area contributed by atoms with Gasteiger partial charge in [-0.3, -0.25) is 9.80 Å². The average molecular weight is 301 g/mol. The Morgan fingerprint density at radius 2 is 1.43 bits per heavy atom. The van der Waals surface area contributed by atoms with E-state index in [2.05, 4.69) is 44.4 Å². The first-order valence-electron chi connectivity index (χ1n) is 9.52. The Morgan fingerprint density at radius 1 is 0.905 bits per heavy atom. The minimum Gasteiger partial charge on any atom is -0.298 e. The summed E-state index contributed by atoms with van der Waals surface area (Å²) in [7, 11) is 0. The Morgan fingerprint density at radius 3 is 1.86 bits per heavy atom. The summed E-state index contributed by atoms with van der Waals surface area (Å²) < 4.78 is 0. The first kappa shape index (κ1) is 23.2. The van der Waals surface area contributed by atoms with Crippen molar-refractivity contribution in [1.82, 2.24) is 9.80 Å². The molecule has 2 aliphatic heterocycles. The second-order valence-electron chi connectivity index (χ2n) is 6.22. The summed E-state index contributed by atoms with van der Waals surface area (Å²) in [5.74, 6) is 0.884. The largest absolute Gasteiger partial charge is 0.298 e. The molecule has 0 radical (unpaired) electrons. The maximum atomic E-state index is 2.67. The normalized spacial score (nSPS) is 21.6. The molecule has 2 nitrogen and oxygen atoms in total. The van der Waals surface area contributed by atoms with E-state index in [-0.39, 0.29) is 0 Å². The number of rotatable bonds is 2. The minimum absolute atomic E-state index is 0.743. The zero-order valence-electron chi connectivity index (χ0n) is 16.6. The highest BCUT2D eigenvalue weighted by Gasteiger charge is 2.30. The first-order valence-corrected chi connectivity index (χ1v) is 9.52. The van der Waals surface area contributed by atoms with Gasteiger partial charge in [0.05, 0.1) is 0 Å². The second kappa shape index (κ2) is 14.8. The quantitative estimate of drug-likeness (QED) is 0.684. The van der Waals surface area contributed by atoms with Crippen molar-refractivity contribution >= 4 is 0 Å². The fraction of sp³-hybridized carbons (Fsp3) is 1.00. The predicted octanol–water partition coefficient (Wildman–Crippen LogP) is 5.28. The molecule has 2 fully saturated rings. The maximum absolute atomic E-state index is 2.67. The monoisotopic (exact) mass is 300 g/mol. The van der Waals surface area contributed by atoms with Gasteiger partial charge < -0.3 is 0 Å². The van der Waals surface area contributed by atoms with Gasteiger partial charge in [0, 0.05) is 31.7 Å². The van der Waals surface area contributed by atoms with E-state index in [4.69, 9.17) is 0 Å². The SMILES string of the molecule is CC.CC.CC(C)N1CCN2CCCC2C1.CCC(C)C. The van der Waals surface area contributed by atoms with Gasteiger partial charge in [-0.1, -0.05) is 54.9 Å². The van der Waals surface area contributed by atoms with Crippen molar-refractivity contribution in [3.63, 3.8) is 0 Å². The van der Waals surface area contributed by atoms with Crippen LogP contribution < -0.4 is 0 Å². The van der Waals surface area contributed by atoms with E-state index in [9.17, 15) is 0 Å². The molecule has 130 valence electrons. The molecule has 0 N–H and O–H groups in total. The molecule has 1 unspecified atom stereocenters. The number of fused-ring (bicyclic) bond motifs is 1. The topological polar surface area (TPSA) is 6.48 Å².